The molecule has 0 aliphatic heterocycles. The molecule has 1 rings (SSSR count). The van der Waals surface area contributed by atoms with E-state index in [4.69, 9.17) is 15.7 Å². The average molecular weight is 238 g/mol. The number of nitrogens with two attached hydrogens (primary N) is 1. The Morgan fingerprint density at radius 3 is 2.94 bits per heavy atom. The molecular weight excluding hydrogens is 220 g/mol. The first-order valence-electron chi connectivity index (χ1n) is 5.43. The Bertz CT molecular complexity index is 381. The van der Waals surface area contributed by atoms with Gasteiger partial charge in [-0.15, -0.1) is 0 Å². The molecule has 0 aliphatic carbocycles. The van der Waals surface area contributed by atoms with Crippen molar-refractivity contribution in [2.24, 2.45) is 10.9 Å². The minimum absolute atomic E-state index is 0.214. The first-order valence-corrected chi connectivity index (χ1v) is 5.43. The van der Waals surface area contributed by atoms with E-state index < -0.39 is 0 Å². The van der Waals surface area contributed by atoms with Crippen molar-refractivity contribution in [2.45, 2.75) is 13.3 Å². The maximum absolute atomic E-state index is 8.48. The number of hydrogen-bond donors (Lipinski definition) is 2. The summed E-state index contributed by atoms with van der Waals surface area (Å²) in [6.45, 7) is 3.46. The largest absolute Gasteiger partial charge is 0.481 e. The highest BCUT2D eigenvalue weighted by atomic mass is 16.5. The summed E-state index contributed by atoms with van der Waals surface area (Å²) in [5.41, 5.74) is 5.44. The summed E-state index contributed by atoms with van der Waals surface area (Å²) in [5.74, 6) is 1.61. The number of nitrogens with zero attached hydrogens (tertiary/aromatic N) is 3. The number of methoxy groups -OCH3 is 1. The molecule has 1 aromatic heterocycles. The van der Waals surface area contributed by atoms with Crippen LogP contribution in [0.25, 0.3) is 0 Å². The normalized spacial score (nSPS) is 11.3. The van der Waals surface area contributed by atoms with Crippen molar-refractivity contribution in [3.05, 3.63) is 18.2 Å². The second-order valence-corrected chi connectivity index (χ2v) is 3.46. The molecule has 0 aliphatic rings. The molecule has 0 radical (unpaired) electrons. The summed E-state index contributed by atoms with van der Waals surface area (Å²) < 4.78 is 5.07. The van der Waals surface area contributed by atoms with Crippen molar-refractivity contribution in [3.63, 3.8) is 0 Å². The smallest absolute Gasteiger partial charge is 0.214 e. The second kappa shape index (κ2) is 6.57. The highest BCUT2D eigenvalue weighted by Crippen LogP contribution is 2.15. The zero-order valence-corrected chi connectivity index (χ0v) is 10.1. The number of ether oxygens (including phenoxy) is 1. The minimum Gasteiger partial charge on any atom is -0.481 e. The summed E-state index contributed by atoms with van der Waals surface area (Å²) >= 11 is 0. The third-order valence-electron chi connectivity index (χ3n) is 2.39. The number of hydrogen-bond acceptors (Lipinski definition) is 5. The molecule has 0 aromatic carbocycles. The van der Waals surface area contributed by atoms with Crippen LogP contribution in [-0.2, 0) is 0 Å². The van der Waals surface area contributed by atoms with Gasteiger partial charge in [0.05, 0.1) is 7.11 Å². The maximum Gasteiger partial charge on any atom is 0.214 e. The Morgan fingerprint density at radius 2 is 2.35 bits per heavy atom. The molecule has 6 heteroatoms. The van der Waals surface area contributed by atoms with Gasteiger partial charge in [0.25, 0.3) is 0 Å². The molecule has 0 saturated heterocycles. The van der Waals surface area contributed by atoms with Gasteiger partial charge in [0.15, 0.2) is 0 Å². The van der Waals surface area contributed by atoms with Gasteiger partial charge in [-0.25, -0.2) is 0 Å². The van der Waals surface area contributed by atoms with Gasteiger partial charge in [0.1, 0.15) is 11.7 Å². The van der Waals surface area contributed by atoms with Crippen LogP contribution in [0.2, 0.25) is 0 Å². The molecule has 0 amide bonds. The van der Waals surface area contributed by atoms with Gasteiger partial charge >= 0.3 is 0 Å². The number of amidine groups is 1. The Balaban J connectivity index is 2.71. The summed E-state index contributed by atoms with van der Waals surface area (Å²) in [6.07, 6.45) is 0.489. The second-order valence-electron chi connectivity index (χ2n) is 3.46. The molecule has 1 heterocycles. The molecule has 0 unspecified atom stereocenters. The fraction of sp³-hybridized carbons (Fsp3) is 0.455. The van der Waals surface area contributed by atoms with Gasteiger partial charge in [-0.2, -0.15) is 4.98 Å². The molecule has 3 N–H and O–H groups in total. The standard InChI is InChI=1S/C11H18N4O2/c1-3-15(8-7-9(12)14-16)10-5-4-6-11(13-10)17-2/h4-6,16H,3,7-8H2,1-2H3,(H2,12,14). The van der Waals surface area contributed by atoms with Gasteiger partial charge in [-0.3, -0.25) is 0 Å². The van der Waals surface area contributed by atoms with Crippen molar-refractivity contribution in [1.82, 2.24) is 4.98 Å². The van der Waals surface area contributed by atoms with E-state index in [9.17, 15) is 0 Å². The van der Waals surface area contributed by atoms with Crippen molar-refractivity contribution in [1.29, 1.82) is 0 Å². The van der Waals surface area contributed by atoms with Crippen molar-refractivity contribution < 1.29 is 9.94 Å². The zero-order valence-electron chi connectivity index (χ0n) is 10.1. The predicted octanol–water partition coefficient (Wildman–Crippen LogP) is 1.05. The topological polar surface area (TPSA) is 84.0 Å². The first-order chi connectivity index (χ1) is 8.21. The van der Waals surface area contributed by atoms with Gasteiger partial charge in [0, 0.05) is 25.6 Å². The number of rotatable bonds is 6. The molecule has 0 bridgehead atoms. The average Bonchev–Trinajstić information content (AvgIpc) is 2.39. The number of pyridine rings is 1. The van der Waals surface area contributed by atoms with Crippen LogP contribution < -0.4 is 15.4 Å². The van der Waals surface area contributed by atoms with E-state index in [1.54, 1.807) is 13.2 Å². The lowest BCUT2D eigenvalue weighted by Crippen LogP contribution is -2.28. The summed E-state index contributed by atoms with van der Waals surface area (Å²) in [4.78, 5) is 6.36. The van der Waals surface area contributed by atoms with Crippen molar-refractivity contribution in [3.8, 4) is 5.88 Å². The highest BCUT2D eigenvalue weighted by molar-refractivity contribution is 5.80. The molecule has 1 aromatic rings. The number of anilines is 1. The fourth-order valence-corrected chi connectivity index (χ4v) is 1.43. The first kappa shape index (κ1) is 13.1. The Hall–Kier alpha value is -1.98. The summed E-state index contributed by atoms with van der Waals surface area (Å²) in [7, 11) is 1.58. The number of oxime groups is 1. The molecule has 0 fully saturated rings. The highest BCUT2D eigenvalue weighted by Gasteiger charge is 2.07. The van der Waals surface area contributed by atoms with E-state index in [2.05, 4.69) is 10.1 Å². The molecular formula is C11H18N4O2. The lowest BCUT2D eigenvalue weighted by atomic mass is 10.3. The Morgan fingerprint density at radius 1 is 1.59 bits per heavy atom. The quantitative estimate of drug-likeness (QED) is 0.335. The van der Waals surface area contributed by atoms with E-state index >= 15 is 0 Å². The third-order valence-corrected chi connectivity index (χ3v) is 2.39. The summed E-state index contributed by atoms with van der Waals surface area (Å²) in [5, 5.41) is 11.4. The van der Waals surface area contributed by atoms with Crippen LogP contribution in [-0.4, -0.2) is 36.2 Å². The zero-order chi connectivity index (χ0) is 12.7. The van der Waals surface area contributed by atoms with Crippen LogP contribution in [0.3, 0.4) is 0 Å². The van der Waals surface area contributed by atoms with Crippen LogP contribution in [0.15, 0.2) is 23.4 Å². The van der Waals surface area contributed by atoms with E-state index in [0.717, 1.165) is 12.4 Å². The van der Waals surface area contributed by atoms with E-state index in [0.29, 0.717) is 18.8 Å². The predicted molar refractivity (Wildman–Crippen MR) is 66.7 cm³/mol. The molecule has 0 atom stereocenters. The molecule has 0 spiro atoms. The molecule has 6 nitrogen and oxygen atoms in total. The van der Waals surface area contributed by atoms with Gasteiger partial charge < -0.3 is 20.6 Å². The Labute approximate surface area is 101 Å². The lowest BCUT2D eigenvalue weighted by Gasteiger charge is -2.21. The van der Waals surface area contributed by atoms with Crippen LogP contribution in [0, 0.1) is 0 Å². The van der Waals surface area contributed by atoms with Crippen LogP contribution >= 0.6 is 0 Å². The van der Waals surface area contributed by atoms with Gasteiger partial charge in [-0.05, 0) is 13.0 Å². The van der Waals surface area contributed by atoms with Crippen molar-refractivity contribution >= 4 is 11.7 Å². The summed E-state index contributed by atoms with van der Waals surface area (Å²) in [6, 6.07) is 5.58. The van der Waals surface area contributed by atoms with Crippen LogP contribution in [0.5, 0.6) is 5.88 Å². The molecule has 17 heavy (non-hydrogen) atoms. The van der Waals surface area contributed by atoms with Crippen LogP contribution in [0.4, 0.5) is 5.82 Å². The van der Waals surface area contributed by atoms with E-state index in [1.807, 2.05) is 24.0 Å². The van der Waals surface area contributed by atoms with Crippen LogP contribution in [0.1, 0.15) is 13.3 Å². The van der Waals surface area contributed by atoms with Gasteiger partial charge in [0.2, 0.25) is 5.88 Å². The molecule has 0 saturated carbocycles. The number of aromatic nitrogens is 1. The Kier molecular flexibility index (Phi) is 5.06. The van der Waals surface area contributed by atoms with Gasteiger partial charge in [-0.1, -0.05) is 11.2 Å². The SMILES string of the molecule is CCN(CCC(N)=NO)c1cccc(OC)n1. The van der Waals surface area contributed by atoms with E-state index in [1.165, 1.54) is 0 Å². The molecule has 94 valence electrons. The van der Waals surface area contributed by atoms with Crippen molar-refractivity contribution in [2.75, 3.05) is 25.1 Å². The van der Waals surface area contributed by atoms with E-state index in [-0.39, 0.29) is 5.84 Å². The monoisotopic (exact) mass is 238 g/mol. The lowest BCUT2D eigenvalue weighted by molar-refractivity contribution is 0.317. The minimum atomic E-state index is 0.214. The maximum atomic E-state index is 8.48. The fourth-order valence-electron chi connectivity index (χ4n) is 1.43. The third kappa shape index (κ3) is 3.82.